The van der Waals surface area contributed by atoms with Gasteiger partial charge in [0, 0.05) is 0 Å². The fourth-order valence-electron chi connectivity index (χ4n) is 2.14. The first-order valence-corrected chi connectivity index (χ1v) is 6.12. The van der Waals surface area contributed by atoms with Crippen LogP contribution in [0.2, 0.25) is 0 Å². The van der Waals surface area contributed by atoms with E-state index in [0.29, 0.717) is 0 Å². The highest BCUT2D eigenvalue weighted by Crippen LogP contribution is 2.33. The van der Waals surface area contributed by atoms with Crippen molar-refractivity contribution in [3.8, 4) is 0 Å². The molecule has 0 N–H and O–H groups in total. The molecule has 0 unspecified atom stereocenters. The zero-order valence-electron chi connectivity index (χ0n) is 10.9. The van der Waals surface area contributed by atoms with Gasteiger partial charge >= 0.3 is 5.97 Å². The summed E-state index contributed by atoms with van der Waals surface area (Å²) in [5.74, 6) is -0.333. The molecule has 2 rings (SSSR count). The third kappa shape index (κ3) is 2.43. The Labute approximate surface area is 113 Å². The monoisotopic (exact) mass is 252 g/mol. The number of rotatable bonds is 4. The van der Waals surface area contributed by atoms with E-state index in [1.165, 1.54) is 6.26 Å². The van der Waals surface area contributed by atoms with Crippen LogP contribution in [0.25, 0.3) is 0 Å². The Bertz CT molecular complexity index is 519. The fourth-order valence-corrected chi connectivity index (χ4v) is 2.14. The zero-order chi connectivity index (χ0) is 13.7. The van der Waals surface area contributed by atoms with Gasteiger partial charge in [0.2, 0.25) is 0 Å². The summed E-state index contributed by atoms with van der Waals surface area (Å²) in [6.07, 6.45) is 1.17. The van der Waals surface area contributed by atoms with Gasteiger partial charge in [0.1, 0.15) is 5.41 Å². The van der Waals surface area contributed by atoms with Crippen molar-refractivity contribution in [1.29, 1.82) is 0 Å². The van der Waals surface area contributed by atoms with Crippen LogP contribution in [-0.2, 0) is 14.9 Å². The average molecular weight is 252 g/mol. The molecule has 0 radical (unpaired) electrons. The van der Waals surface area contributed by atoms with Crippen LogP contribution in [0, 0.1) is 0 Å². The Balaban J connectivity index is 2.57. The number of carbonyl (C=O) groups is 1. The molecule has 0 amide bonds. The summed E-state index contributed by atoms with van der Waals surface area (Å²) in [6, 6.07) is 19.2. The van der Waals surface area contributed by atoms with E-state index in [9.17, 15) is 4.79 Å². The van der Waals surface area contributed by atoms with Crippen molar-refractivity contribution in [3.05, 3.63) is 84.6 Å². The molecule has 2 aromatic rings. The van der Waals surface area contributed by atoms with Crippen molar-refractivity contribution in [2.24, 2.45) is 0 Å². The van der Waals surface area contributed by atoms with Gasteiger partial charge in [-0.3, -0.25) is 4.79 Å². The number of hydrogen-bond acceptors (Lipinski definition) is 2. The number of ether oxygens (including phenoxy) is 1. The molecule has 96 valence electrons. The summed E-state index contributed by atoms with van der Waals surface area (Å²) in [4.78, 5) is 12.4. The van der Waals surface area contributed by atoms with E-state index >= 15 is 0 Å². The van der Waals surface area contributed by atoms with E-state index in [-0.39, 0.29) is 5.97 Å². The van der Waals surface area contributed by atoms with Gasteiger partial charge in [0.05, 0.1) is 6.26 Å². The van der Waals surface area contributed by atoms with Gasteiger partial charge in [-0.2, -0.15) is 0 Å². The average Bonchev–Trinajstić information content (AvgIpc) is 2.48. The minimum atomic E-state index is -0.837. The third-order valence-electron chi connectivity index (χ3n) is 3.30. The molecular formula is C17H16O2. The second-order valence-corrected chi connectivity index (χ2v) is 4.43. The molecule has 0 heterocycles. The lowest BCUT2D eigenvalue weighted by Crippen LogP contribution is -2.34. The Kier molecular flexibility index (Phi) is 3.81. The van der Waals surface area contributed by atoms with Crippen molar-refractivity contribution in [3.63, 3.8) is 0 Å². The topological polar surface area (TPSA) is 26.3 Å². The number of esters is 1. The minimum absolute atomic E-state index is 0.333. The molecule has 0 saturated carbocycles. The zero-order valence-corrected chi connectivity index (χ0v) is 10.9. The molecule has 2 aromatic carbocycles. The summed E-state index contributed by atoms with van der Waals surface area (Å²) in [7, 11) is 0. The normalized spacial score (nSPS) is 10.8. The maximum Gasteiger partial charge on any atom is 0.325 e. The van der Waals surface area contributed by atoms with Crippen LogP contribution in [0.1, 0.15) is 18.1 Å². The molecule has 0 aliphatic rings. The molecule has 0 fully saturated rings. The van der Waals surface area contributed by atoms with E-state index in [1.54, 1.807) is 0 Å². The van der Waals surface area contributed by atoms with Crippen molar-refractivity contribution in [1.82, 2.24) is 0 Å². The van der Waals surface area contributed by atoms with Crippen LogP contribution in [0.5, 0.6) is 0 Å². The highest BCUT2D eigenvalue weighted by Gasteiger charge is 2.38. The van der Waals surface area contributed by atoms with E-state index in [4.69, 9.17) is 4.74 Å². The van der Waals surface area contributed by atoms with Crippen molar-refractivity contribution >= 4 is 5.97 Å². The van der Waals surface area contributed by atoms with Crippen LogP contribution < -0.4 is 0 Å². The van der Waals surface area contributed by atoms with Gasteiger partial charge in [-0.15, -0.1) is 0 Å². The quantitative estimate of drug-likeness (QED) is 0.613. The maximum atomic E-state index is 12.4. The van der Waals surface area contributed by atoms with Gasteiger partial charge in [-0.25, -0.2) is 0 Å². The smallest absolute Gasteiger partial charge is 0.325 e. The standard InChI is InChI=1S/C17H16O2/c1-3-19-16(18)17(2,14-10-6-4-7-11-14)15-12-8-5-9-13-15/h3-13H,1H2,2H3. The molecular weight excluding hydrogens is 236 g/mol. The second kappa shape index (κ2) is 5.53. The predicted molar refractivity (Wildman–Crippen MR) is 75.6 cm³/mol. The fraction of sp³-hybridized carbons (Fsp3) is 0.118. The molecule has 2 nitrogen and oxygen atoms in total. The van der Waals surface area contributed by atoms with E-state index in [2.05, 4.69) is 6.58 Å². The molecule has 0 atom stereocenters. The first-order valence-electron chi connectivity index (χ1n) is 6.12. The highest BCUT2D eigenvalue weighted by molar-refractivity contribution is 5.87. The molecule has 0 bridgehead atoms. The van der Waals surface area contributed by atoms with Gasteiger partial charge < -0.3 is 4.74 Å². The Morgan fingerprint density at radius 1 is 1.00 bits per heavy atom. The molecule has 0 aliphatic heterocycles. The van der Waals surface area contributed by atoms with Gasteiger partial charge in [0.25, 0.3) is 0 Å². The van der Waals surface area contributed by atoms with E-state index in [0.717, 1.165) is 11.1 Å². The lowest BCUT2D eigenvalue weighted by atomic mass is 9.76. The first-order chi connectivity index (χ1) is 9.19. The van der Waals surface area contributed by atoms with Gasteiger partial charge in [-0.05, 0) is 18.1 Å². The number of benzene rings is 2. The largest absolute Gasteiger partial charge is 0.434 e. The Morgan fingerprint density at radius 2 is 1.42 bits per heavy atom. The van der Waals surface area contributed by atoms with Crippen LogP contribution >= 0.6 is 0 Å². The maximum absolute atomic E-state index is 12.4. The van der Waals surface area contributed by atoms with Crippen LogP contribution in [0.15, 0.2) is 73.5 Å². The van der Waals surface area contributed by atoms with Gasteiger partial charge in [-0.1, -0.05) is 67.2 Å². The van der Waals surface area contributed by atoms with Crippen molar-refractivity contribution in [2.75, 3.05) is 0 Å². The molecule has 2 heteroatoms. The molecule has 0 spiro atoms. The van der Waals surface area contributed by atoms with Gasteiger partial charge in [0.15, 0.2) is 0 Å². The van der Waals surface area contributed by atoms with Crippen LogP contribution in [-0.4, -0.2) is 5.97 Å². The lowest BCUT2D eigenvalue weighted by Gasteiger charge is -2.27. The Hall–Kier alpha value is -2.35. The summed E-state index contributed by atoms with van der Waals surface area (Å²) in [5, 5.41) is 0. The lowest BCUT2D eigenvalue weighted by molar-refractivity contribution is -0.142. The summed E-state index contributed by atoms with van der Waals surface area (Å²) in [6.45, 7) is 5.32. The first kappa shape index (κ1) is 13.1. The van der Waals surface area contributed by atoms with Crippen LogP contribution in [0.4, 0.5) is 0 Å². The second-order valence-electron chi connectivity index (χ2n) is 4.43. The van der Waals surface area contributed by atoms with Crippen LogP contribution in [0.3, 0.4) is 0 Å². The molecule has 0 saturated heterocycles. The summed E-state index contributed by atoms with van der Waals surface area (Å²) >= 11 is 0. The molecule has 0 aromatic heterocycles. The minimum Gasteiger partial charge on any atom is -0.434 e. The third-order valence-corrected chi connectivity index (χ3v) is 3.30. The number of hydrogen-bond donors (Lipinski definition) is 0. The van der Waals surface area contributed by atoms with Crippen molar-refractivity contribution < 1.29 is 9.53 Å². The summed E-state index contributed by atoms with van der Waals surface area (Å²) in [5.41, 5.74) is 0.956. The van der Waals surface area contributed by atoms with E-state index < -0.39 is 5.41 Å². The molecule has 0 aliphatic carbocycles. The summed E-state index contributed by atoms with van der Waals surface area (Å²) < 4.78 is 5.04. The Morgan fingerprint density at radius 3 is 1.79 bits per heavy atom. The molecule has 19 heavy (non-hydrogen) atoms. The van der Waals surface area contributed by atoms with E-state index in [1.807, 2.05) is 67.6 Å². The SMILES string of the molecule is C=COC(=O)C(C)(c1ccccc1)c1ccccc1. The highest BCUT2D eigenvalue weighted by atomic mass is 16.5. The number of carbonyl (C=O) groups excluding carboxylic acids is 1. The predicted octanol–water partition coefficient (Wildman–Crippen LogP) is 3.68. The van der Waals surface area contributed by atoms with Crippen molar-refractivity contribution in [2.45, 2.75) is 12.3 Å².